The van der Waals surface area contributed by atoms with E-state index in [9.17, 15) is 9.59 Å². The summed E-state index contributed by atoms with van der Waals surface area (Å²) < 4.78 is 0. The van der Waals surface area contributed by atoms with Crippen LogP contribution in [0.3, 0.4) is 0 Å². The zero-order chi connectivity index (χ0) is 9.56. The molecule has 4 heteroatoms. The van der Waals surface area contributed by atoms with Gasteiger partial charge in [0.1, 0.15) is 12.2 Å². The van der Waals surface area contributed by atoms with Crippen LogP contribution in [0.2, 0.25) is 0 Å². The lowest BCUT2D eigenvalue weighted by molar-refractivity contribution is -0.178. The number of hydroxylamine groups is 2. The molecule has 0 rings (SSSR count). The van der Waals surface area contributed by atoms with Crippen LogP contribution in [-0.4, -0.2) is 30.9 Å². The van der Waals surface area contributed by atoms with Gasteiger partial charge in [-0.2, -0.15) is 0 Å². The van der Waals surface area contributed by atoms with Gasteiger partial charge in [-0.05, 0) is 0 Å². The van der Waals surface area contributed by atoms with Crippen molar-refractivity contribution in [1.82, 2.24) is 5.06 Å². The number of ketones is 1. The van der Waals surface area contributed by atoms with E-state index in [0.29, 0.717) is 0 Å². The van der Waals surface area contributed by atoms with Gasteiger partial charge >= 0.3 is 5.97 Å². The molecule has 0 heterocycles. The van der Waals surface area contributed by atoms with Gasteiger partial charge in [-0.1, -0.05) is 6.08 Å². The van der Waals surface area contributed by atoms with E-state index in [1.54, 1.807) is 14.1 Å². The number of nitrogens with zero attached hydrogens (tertiary/aromatic N) is 1. The third-order valence-corrected chi connectivity index (χ3v) is 0.998. The molecule has 0 saturated carbocycles. The molecule has 0 aromatic rings. The normalized spacial score (nSPS) is 9.58. The average Bonchev–Trinajstić information content (AvgIpc) is 1.84. The molecule has 0 amide bonds. The maximum atomic E-state index is 10.8. The van der Waals surface area contributed by atoms with Gasteiger partial charge in [-0.25, -0.2) is 4.79 Å². The number of carbonyl (C=O) groups is 2. The zero-order valence-corrected chi connectivity index (χ0v) is 7.37. The average molecular weight is 171 g/mol. The fourth-order valence-electron chi connectivity index (χ4n) is 0.630. The summed E-state index contributed by atoms with van der Waals surface area (Å²) in [5.74, 6) is -0.719. The summed E-state index contributed by atoms with van der Waals surface area (Å²) in [7, 11) is 3.16. The minimum Gasteiger partial charge on any atom is -0.368 e. The molecule has 0 aromatic heterocycles. The Bertz CT molecular complexity index is 187. The highest BCUT2D eigenvalue weighted by molar-refractivity contribution is 5.95. The lowest BCUT2D eigenvalue weighted by atomic mass is 10.2. The maximum Gasteiger partial charge on any atom is 0.332 e. The first-order valence-corrected chi connectivity index (χ1v) is 3.57. The second kappa shape index (κ2) is 5.49. The topological polar surface area (TPSA) is 46.6 Å². The highest BCUT2D eigenvalue weighted by Gasteiger charge is 2.09. The molecule has 0 saturated heterocycles. The molecule has 0 unspecified atom stereocenters. The second-order valence-corrected chi connectivity index (χ2v) is 2.48. The quantitative estimate of drug-likeness (QED) is 0.344. The van der Waals surface area contributed by atoms with E-state index in [-0.39, 0.29) is 18.6 Å². The van der Waals surface area contributed by atoms with E-state index in [2.05, 4.69) is 11.4 Å². The molecule has 0 aromatic carbocycles. The summed E-state index contributed by atoms with van der Waals surface area (Å²) in [6.45, 7) is 3.39. The maximum absolute atomic E-state index is 10.8. The van der Waals surface area contributed by atoms with Gasteiger partial charge in [0.25, 0.3) is 0 Å². The SMILES string of the molecule is C=CCC(=O)CC(=O)ON(C)C. The highest BCUT2D eigenvalue weighted by atomic mass is 16.7. The molecule has 0 aliphatic rings. The molecule has 0 radical (unpaired) electrons. The Hall–Kier alpha value is -1.16. The lowest BCUT2D eigenvalue weighted by Gasteiger charge is -2.08. The van der Waals surface area contributed by atoms with Crippen molar-refractivity contribution in [2.45, 2.75) is 12.8 Å². The molecule has 0 spiro atoms. The van der Waals surface area contributed by atoms with Gasteiger partial charge in [0, 0.05) is 20.5 Å². The van der Waals surface area contributed by atoms with Crippen LogP contribution < -0.4 is 0 Å². The molecule has 0 atom stereocenters. The summed E-state index contributed by atoms with van der Waals surface area (Å²) in [4.78, 5) is 26.3. The molecule has 68 valence electrons. The summed E-state index contributed by atoms with van der Waals surface area (Å²) in [5, 5.41) is 1.25. The predicted octanol–water partition coefficient (Wildman–Crippen LogP) is 0.541. The molecule has 0 aliphatic carbocycles. The molecule has 0 fully saturated rings. The first-order valence-electron chi connectivity index (χ1n) is 3.57. The van der Waals surface area contributed by atoms with Crippen LogP contribution in [0.1, 0.15) is 12.8 Å². The van der Waals surface area contributed by atoms with Crippen molar-refractivity contribution < 1.29 is 14.4 Å². The van der Waals surface area contributed by atoms with Gasteiger partial charge in [0.2, 0.25) is 0 Å². The molecule has 12 heavy (non-hydrogen) atoms. The summed E-state index contributed by atoms with van der Waals surface area (Å²) in [5.41, 5.74) is 0. The Balaban J connectivity index is 3.69. The van der Waals surface area contributed by atoms with Crippen LogP contribution in [0.5, 0.6) is 0 Å². The van der Waals surface area contributed by atoms with Gasteiger partial charge < -0.3 is 4.84 Å². The minimum atomic E-state index is -0.535. The largest absolute Gasteiger partial charge is 0.368 e. The predicted molar refractivity (Wildman–Crippen MR) is 44.2 cm³/mol. The molecule has 4 nitrogen and oxygen atoms in total. The first-order chi connectivity index (χ1) is 5.56. The van der Waals surface area contributed by atoms with Gasteiger partial charge in [-0.15, -0.1) is 11.6 Å². The Kier molecular flexibility index (Phi) is 4.96. The van der Waals surface area contributed by atoms with Crippen molar-refractivity contribution in [3.63, 3.8) is 0 Å². The van der Waals surface area contributed by atoms with Crippen molar-refractivity contribution in [3.05, 3.63) is 12.7 Å². The highest BCUT2D eigenvalue weighted by Crippen LogP contribution is 1.94. The van der Waals surface area contributed by atoms with Crippen molar-refractivity contribution in [1.29, 1.82) is 0 Å². The second-order valence-electron chi connectivity index (χ2n) is 2.48. The number of carbonyl (C=O) groups excluding carboxylic acids is 2. The van der Waals surface area contributed by atoms with Crippen LogP contribution in [0.15, 0.2) is 12.7 Å². The Morgan fingerprint density at radius 1 is 1.50 bits per heavy atom. The summed E-state index contributed by atoms with van der Waals surface area (Å²) in [6.07, 6.45) is 1.48. The van der Waals surface area contributed by atoms with Crippen LogP contribution in [0, 0.1) is 0 Å². The van der Waals surface area contributed by atoms with E-state index >= 15 is 0 Å². The number of allylic oxidation sites excluding steroid dienone is 1. The molecular weight excluding hydrogens is 158 g/mol. The van der Waals surface area contributed by atoms with Crippen molar-refractivity contribution in [2.24, 2.45) is 0 Å². The van der Waals surface area contributed by atoms with E-state index in [4.69, 9.17) is 0 Å². The number of rotatable bonds is 5. The standard InChI is InChI=1S/C8H13NO3/c1-4-5-7(10)6-8(11)12-9(2)3/h4H,1,5-6H2,2-3H3. The van der Waals surface area contributed by atoms with Crippen LogP contribution in [0.25, 0.3) is 0 Å². The Morgan fingerprint density at radius 3 is 2.50 bits per heavy atom. The third-order valence-electron chi connectivity index (χ3n) is 0.998. The van der Waals surface area contributed by atoms with Gasteiger partial charge in [0.05, 0.1) is 0 Å². The molecular formula is C8H13NO3. The van der Waals surface area contributed by atoms with Crippen LogP contribution in [0.4, 0.5) is 0 Å². The number of hydrogen-bond donors (Lipinski definition) is 0. The monoisotopic (exact) mass is 171 g/mol. The summed E-state index contributed by atoms with van der Waals surface area (Å²) >= 11 is 0. The molecule has 0 aliphatic heterocycles. The minimum absolute atomic E-state index is 0.183. The zero-order valence-electron chi connectivity index (χ0n) is 7.37. The Labute approximate surface area is 71.8 Å². The van der Waals surface area contributed by atoms with Gasteiger partial charge in [-0.3, -0.25) is 4.79 Å². The molecule has 0 bridgehead atoms. The van der Waals surface area contributed by atoms with Crippen molar-refractivity contribution in [2.75, 3.05) is 14.1 Å². The number of Topliss-reactive ketones (excluding diaryl/α,β-unsaturated/α-hetero) is 1. The smallest absolute Gasteiger partial charge is 0.332 e. The fraction of sp³-hybridized carbons (Fsp3) is 0.500. The number of hydrogen-bond acceptors (Lipinski definition) is 4. The van der Waals surface area contributed by atoms with Crippen LogP contribution >= 0.6 is 0 Å². The van der Waals surface area contributed by atoms with E-state index in [1.165, 1.54) is 11.1 Å². The van der Waals surface area contributed by atoms with Crippen molar-refractivity contribution in [3.8, 4) is 0 Å². The molecule has 0 N–H and O–H groups in total. The Morgan fingerprint density at radius 2 is 2.08 bits per heavy atom. The lowest BCUT2D eigenvalue weighted by Crippen LogP contribution is -2.20. The summed E-state index contributed by atoms with van der Waals surface area (Å²) in [6, 6.07) is 0. The van der Waals surface area contributed by atoms with Gasteiger partial charge in [0.15, 0.2) is 0 Å². The van der Waals surface area contributed by atoms with E-state index in [0.717, 1.165) is 0 Å². The van der Waals surface area contributed by atoms with E-state index < -0.39 is 5.97 Å². The third kappa shape index (κ3) is 5.61. The van der Waals surface area contributed by atoms with Crippen LogP contribution in [-0.2, 0) is 14.4 Å². The van der Waals surface area contributed by atoms with E-state index in [1.807, 2.05) is 0 Å². The first kappa shape index (κ1) is 10.8. The fourth-order valence-corrected chi connectivity index (χ4v) is 0.630. The van der Waals surface area contributed by atoms with Crippen molar-refractivity contribution >= 4 is 11.8 Å².